The second-order valence-electron chi connectivity index (χ2n) is 5.07. The van der Waals surface area contributed by atoms with Gasteiger partial charge in [-0.25, -0.2) is 4.39 Å². The van der Waals surface area contributed by atoms with Crippen LogP contribution in [0.25, 0.3) is 0 Å². The third-order valence-electron chi connectivity index (χ3n) is 3.67. The number of hydrogen-bond donors (Lipinski definition) is 2. The van der Waals surface area contributed by atoms with Gasteiger partial charge in [0.05, 0.1) is 11.4 Å². The molecule has 1 aliphatic heterocycles. The standard InChI is InChI=1S/C16H18FN3/c17-14-4-3-5-15(16(14)18)19-12-6-8-13(9-7-12)20-10-1-2-11-20/h3-9,19H,1-2,10-11,18H2. The van der Waals surface area contributed by atoms with Crippen LogP contribution in [-0.2, 0) is 0 Å². The van der Waals surface area contributed by atoms with Gasteiger partial charge in [-0.15, -0.1) is 0 Å². The number of halogens is 1. The van der Waals surface area contributed by atoms with Crippen molar-refractivity contribution in [3.05, 3.63) is 48.3 Å². The van der Waals surface area contributed by atoms with Gasteiger partial charge < -0.3 is 16.0 Å². The Bertz CT molecular complexity index is 589. The highest BCUT2D eigenvalue weighted by molar-refractivity contribution is 5.73. The zero-order chi connectivity index (χ0) is 13.9. The van der Waals surface area contributed by atoms with Crippen molar-refractivity contribution in [3.63, 3.8) is 0 Å². The number of hydrogen-bond acceptors (Lipinski definition) is 3. The van der Waals surface area contributed by atoms with Crippen molar-refractivity contribution >= 4 is 22.7 Å². The van der Waals surface area contributed by atoms with Crippen molar-refractivity contribution in [2.24, 2.45) is 0 Å². The summed E-state index contributed by atoms with van der Waals surface area (Å²) < 4.78 is 13.4. The van der Waals surface area contributed by atoms with Crippen LogP contribution in [0, 0.1) is 5.82 Å². The first-order valence-corrected chi connectivity index (χ1v) is 6.90. The number of benzene rings is 2. The Balaban J connectivity index is 1.76. The van der Waals surface area contributed by atoms with E-state index in [9.17, 15) is 4.39 Å². The number of nitrogens with one attached hydrogen (secondary N) is 1. The smallest absolute Gasteiger partial charge is 0.148 e. The largest absolute Gasteiger partial charge is 0.395 e. The molecule has 4 heteroatoms. The molecule has 3 N–H and O–H groups in total. The number of rotatable bonds is 3. The molecule has 0 amide bonds. The number of para-hydroxylation sites is 1. The van der Waals surface area contributed by atoms with E-state index in [0.29, 0.717) is 5.69 Å². The van der Waals surface area contributed by atoms with Gasteiger partial charge >= 0.3 is 0 Å². The van der Waals surface area contributed by atoms with E-state index in [1.54, 1.807) is 12.1 Å². The van der Waals surface area contributed by atoms with Crippen LogP contribution in [0.15, 0.2) is 42.5 Å². The van der Waals surface area contributed by atoms with Gasteiger partial charge in [-0.2, -0.15) is 0 Å². The zero-order valence-corrected chi connectivity index (χ0v) is 11.3. The van der Waals surface area contributed by atoms with Gasteiger partial charge in [-0.1, -0.05) is 6.07 Å². The molecule has 0 unspecified atom stereocenters. The molecule has 0 radical (unpaired) electrons. The lowest BCUT2D eigenvalue weighted by Crippen LogP contribution is -2.17. The fourth-order valence-electron chi connectivity index (χ4n) is 2.53. The molecule has 104 valence electrons. The van der Waals surface area contributed by atoms with Crippen molar-refractivity contribution < 1.29 is 4.39 Å². The van der Waals surface area contributed by atoms with Gasteiger partial charge in [0, 0.05) is 24.5 Å². The quantitative estimate of drug-likeness (QED) is 0.835. The summed E-state index contributed by atoms with van der Waals surface area (Å²) in [6, 6.07) is 12.9. The summed E-state index contributed by atoms with van der Waals surface area (Å²) in [6.07, 6.45) is 2.53. The summed E-state index contributed by atoms with van der Waals surface area (Å²) in [5, 5.41) is 3.15. The van der Waals surface area contributed by atoms with Crippen LogP contribution in [0.4, 0.5) is 27.1 Å². The summed E-state index contributed by atoms with van der Waals surface area (Å²) in [6.45, 7) is 2.26. The molecule has 20 heavy (non-hydrogen) atoms. The molecule has 1 fully saturated rings. The van der Waals surface area contributed by atoms with Crippen LogP contribution in [0.5, 0.6) is 0 Å². The van der Waals surface area contributed by atoms with E-state index in [0.717, 1.165) is 18.8 Å². The van der Waals surface area contributed by atoms with Crippen molar-refractivity contribution in [1.29, 1.82) is 0 Å². The van der Waals surface area contributed by atoms with Crippen molar-refractivity contribution in [1.82, 2.24) is 0 Å². The number of nitrogen functional groups attached to an aromatic ring is 1. The topological polar surface area (TPSA) is 41.3 Å². The molecule has 1 aliphatic rings. The van der Waals surface area contributed by atoms with Gasteiger partial charge in [0.25, 0.3) is 0 Å². The molecule has 0 saturated carbocycles. The molecule has 2 aromatic carbocycles. The first-order valence-electron chi connectivity index (χ1n) is 6.90. The predicted octanol–water partition coefficient (Wildman–Crippen LogP) is 3.75. The predicted molar refractivity (Wildman–Crippen MR) is 82.0 cm³/mol. The molecular weight excluding hydrogens is 253 g/mol. The van der Waals surface area contributed by atoms with Crippen molar-refractivity contribution in [2.45, 2.75) is 12.8 Å². The van der Waals surface area contributed by atoms with Gasteiger partial charge in [0.1, 0.15) is 5.82 Å². The average Bonchev–Trinajstić information content (AvgIpc) is 2.99. The van der Waals surface area contributed by atoms with Crippen LogP contribution >= 0.6 is 0 Å². The monoisotopic (exact) mass is 271 g/mol. The average molecular weight is 271 g/mol. The highest BCUT2D eigenvalue weighted by Crippen LogP contribution is 2.27. The minimum atomic E-state index is -0.399. The summed E-state index contributed by atoms with van der Waals surface area (Å²) >= 11 is 0. The first kappa shape index (κ1) is 12.8. The van der Waals surface area contributed by atoms with Crippen LogP contribution in [0.2, 0.25) is 0 Å². The lowest BCUT2D eigenvalue weighted by Gasteiger charge is -2.18. The maximum Gasteiger partial charge on any atom is 0.148 e. The Hall–Kier alpha value is -2.23. The van der Waals surface area contributed by atoms with E-state index >= 15 is 0 Å². The van der Waals surface area contributed by atoms with E-state index in [4.69, 9.17) is 5.73 Å². The Morgan fingerprint density at radius 2 is 1.70 bits per heavy atom. The molecule has 0 aromatic heterocycles. The molecule has 0 aliphatic carbocycles. The van der Waals surface area contributed by atoms with Crippen LogP contribution in [0.1, 0.15) is 12.8 Å². The summed E-state index contributed by atoms with van der Waals surface area (Å²) in [5.41, 5.74) is 8.60. The van der Waals surface area contributed by atoms with Gasteiger partial charge in [-0.05, 0) is 49.2 Å². The zero-order valence-electron chi connectivity index (χ0n) is 11.3. The fraction of sp³-hybridized carbons (Fsp3) is 0.250. The Morgan fingerprint density at radius 3 is 2.40 bits per heavy atom. The number of anilines is 4. The Labute approximate surface area is 118 Å². The molecule has 3 rings (SSSR count). The van der Waals surface area contributed by atoms with Gasteiger partial charge in [0.2, 0.25) is 0 Å². The lowest BCUT2D eigenvalue weighted by atomic mass is 10.2. The molecular formula is C16H18FN3. The van der Waals surface area contributed by atoms with Crippen LogP contribution in [0.3, 0.4) is 0 Å². The van der Waals surface area contributed by atoms with Crippen molar-refractivity contribution in [2.75, 3.05) is 29.0 Å². The van der Waals surface area contributed by atoms with E-state index < -0.39 is 5.82 Å². The van der Waals surface area contributed by atoms with Crippen LogP contribution in [-0.4, -0.2) is 13.1 Å². The number of nitrogens with two attached hydrogens (primary N) is 1. The maximum atomic E-state index is 13.4. The Kier molecular flexibility index (Phi) is 3.46. The first-order chi connectivity index (χ1) is 9.74. The molecule has 0 atom stereocenters. The number of nitrogens with zero attached hydrogens (tertiary/aromatic N) is 1. The van der Waals surface area contributed by atoms with Gasteiger partial charge in [0.15, 0.2) is 0 Å². The second kappa shape index (κ2) is 5.41. The Morgan fingerprint density at radius 1 is 1.00 bits per heavy atom. The minimum Gasteiger partial charge on any atom is -0.395 e. The van der Waals surface area contributed by atoms with Crippen molar-refractivity contribution in [3.8, 4) is 0 Å². The molecule has 1 heterocycles. The van der Waals surface area contributed by atoms with Crippen LogP contribution < -0.4 is 16.0 Å². The van der Waals surface area contributed by atoms with E-state index in [1.807, 2.05) is 12.1 Å². The summed E-state index contributed by atoms with van der Waals surface area (Å²) in [7, 11) is 0. The molecule has 0 bridgehead atoms. The summed E-state index contributed by atoms with van der Waals surface area (Å²) in [4.78, 5) is 2.38. The second-order valence-corrected chi connectivity index (χ2v) is 5.07. The summed E-state index contributed by atoms with van der Waals surface area (Å²) in [5.74, 6) is -0.399. The van der Waals surface area contributed by atoms with E-state index in [2.05, 4.69) is 22.3 Å². The molecule has 0 spiro atoms. The third-order valence-corrected chi connectivity index (χ3v) is 3.67. The van der Waals surface area contributed by atoms with Gasteiger partial charge in [-0.3, -0.25) is 0 Å². The van der Waals surface area contributed by atoms with E-state index in [1.165, 1.54) is 24.6 Å². The molecule has 3 nitrogen and oxygen atoms in total. The highest BCUT2D eigenvalue weighted by Gasteiger charge is 2.12. The third kappa shape index (κ3) is 2.54. The normalized spacial score (nSPS) is 14.6. The highest BCUT2D eigenvalue weighted by atomic mass is 19.1. The molecule has 1 saturated heterocycles. The van der Waals surface area contributed by atoms with E-state index in [-0.39, 0.29) is 5.69 Å². The minimum absolute atomic E-state index is 0.149. The lowest BCUT2D eigenvalue weighted by molar-refractivity contribution is 0.633. The SMILES string of the molecule is Nc1c(F)cccc1Nc1ccc(N2CCCC2)cc1. The fourth-order valence-corrected chi connectivity index (χ4v) is 2.53. The maximum absolute atomic E-state index is 13.4. The molecule has 2 aromatic rings.